The number of rotatable bonds is 4. The fourth-order valence-electron chi connectivity index (χ4n) is 3.69. The quantitative estimate of drug-likeness (QED) is 0.799. The molecule has 0 spiro atoms. The summed E-state index contributed by atoms with van der Waals surface area (Å²) >= 11 is 0. The average molecular weight is 306 g/mol. The molecule has 120 valence electrons. The Hall–Kier alpha value is -1.46. The second-order valence-corrected chi connectivity index (χ2v) is 6.13. The largest absolute Gasteiger partial charge is 0.468 e. The number of methoxy groups -OCH3 is 1. The molecule has 1 aromatic rings. The molecule has 0 unspecified atom stereocenters. The zero-order valence-corrected chi connectivity index (χ0v) is 13.0. The van der Waals surface area contributed by atoms with Crippen LogP contribution in [0.25, 0.3) is 0 Å². The van der Waals surface area contributed by atoms with Gasteiger partial charge in [0, 0.05) is 24.7 Å². The maximum absolute atomic E-state index is 14.1. The van der Waals surface area contributed by atoms with E-state index in [1.165, 1.54) is 26.0 Å². The highest BCUT2D eigenvalue weighted by atomic mass is 19.1. The Morgan fingerprint density at radius 1 is 1.27 bits per heavy atom. The molecule has 0 radical (unpaired) electrons. The number of hydrogen-bond donors (Lipinski definition) is 0. The van der Waals surface area contributed by atoms with Crippen molar-refractivity contribution in [2.75, 3.05) is 33.3 Å². The number of hydrogen-bond acceptors (Lipinski definition) is 4. The van der Waals surface area contributed by atoms with Crippen LogP contribution in [-0.4, -0.2) is 55.1 Å². The number of likely N-dealkylation sites (tertiary alicyclic amines) is 2. The number of halogens is 1. The van der Waals surface area contributed by atoms with Gasteiger partial charge in [-0.15, -0.1) is 0 Å². The average Bonchev–Trinajstić information content (AvgIpc) is 3.20. The topological polar surface area (TPSA) is 32.8 Å². The summed E-state index contributed by atoms with van der Waals surface area (Å²) in [6.45, 7) is 3.88. The second kappa shape index (κ2) is 6.75. The normalized spacial score (nSPS) is 24.5. The molecule has 3 rings (SSSR count). The van der Waals surface area contributed by atoms with E-state index in [1.54, 1.807) is 18.2 Å². The summed E-state index contributed by atoms with van der Waals surface area (Å²) in [5.41, 5.74) is 0.413. The number of carbonyl (C=O) groups excluding carboxylic acids is 1. The van der Waals surface area contributed by atoms with Crippen molar-refractivity contribution in [1.82, 2.24) is 9.80 Å². The predicted molar refractivity (Wildman–Crippen MR) is 81.9 cm³/mol. The van der Waals surface area contributed by atoms with E-state index in [0.717, 1.165) is 32.6 Å². The Kier molecular flexibility index (Phi) is 4.74. The summed E-state index contributed by atoms with van der Waals surface area (Å²) in [5, 5.41) is 0. The van der Waals surface area contributed by atoms with Crippen LogP contribution in [0.15, 0.2) is 24.3 Å². The number of ether oxygens (including phenoxy) is 1. The minimum atomic E-state index is -0.640. The summed E-state index contributed by atoms with van der Waals surface area (Å²) in [6.07, 6.45) is 3.54. The van der Waals surface area contributed by atoms with Crippen molar-refractivity contribution in [3.63, 3.8) is 0 Å². The van der Waals surface area contributed by atoms with E-state index in [0.29, 0.717) is 11.6 Å². The lowest BCUT2D eigenvalue weighted by molar-refractivity contribution is -0.147. The molecule has 2 aliphatic heterocycles. The molecular formula is C17H23FN2O2. The minimum Gasteiger partial charge on any atom is -0.468 e. The van der Waals surface area contributed by atoms with Gasteiger partial charge in [-0.2, -0.15) is 0 Å². The van der Waals surface area contributed by atoms with Crippen LogP contribution in [0.2, 0.25) is 0 Å². The molecule has 0 amide bonds. The SMILES string of the molecule is COC(=O)[C@@H](c1ccccc1F)N1CC[C@@H](N2CCCC2)C1. The smallest absolute Gasteiger partial charge is 0.327 e. The Morgan fingerprint density at radius 3 is 2.68 bits per heavy atom. The van der Waals surface area contributed by atoms with Gasteiger partial charge in [-0.05, 0) is 38.4 Å². The predicted octanol–water partition coefficient (Wildman–Crippen LogP) is 2.21. The first-order chi connectivity index (χ1) is 10.7. The zero-order chi connectivity index (χ0) is 15.5. The molecular weight excluding hydrogens is 283 g/mol. The van der Waals surface area contributed by atoms with Crippen LogP contribution in [0.5, 0.6) is 0 Å². The van der Waals surface area contributed by atoms with Gasteiger partial charge in [0.25, 0.3) is 0 Å². The number of esters is 1. The molecule has 2 aliphatic rings. The van der Waals surface area contributed by atoms with Gasteiger partial charge in [-0.25, -0.2) is 9.18 Å². The lowest BCUT2D eigenvalue weighted by Gasteiger charge is -2.28. The molecule has 2 atom stereocenters. The molecule has 0 saturated carbocycles. The summed E-state index contributed by atoms with van der Waals surface area (Å²) in [5.74, 6) is -0.727. The van der Waals surface area contributed by atoms with Crippen molar-refractivity contribution in [2.45, 2.75) is 31.3 Å². The van der Waals surface area contributed by atoms with Crippen molar-refractivity contribution < 1.29 is 13.9 Å². The van der Waals surface area contributed by atoms with E-state index in [9.17, 15) is 9.18 Å². The summed E-state index contributed by atoms with van der Waals surface area (Å²) < 4.78 is 19.1. The molecule has 2 fully saturated rings. The molecule has 0 aromatic heterocycles. The third kappa shape index (κ3) is 3.01. The summed E-state index contributed by atoms with van der Waals surface area (Å²) in [6, 6.07) is 6.33. The monoisotopic (exact) mass is 306 g/mol. The van der Waals surface area contributed by atoms with Gasteiger partial charge in [-0.1, -0.05) is 18.2 Å². The van der Waals surface area contributed by atoms with Gasteiger partial charge in [0.2, 0.25) is 0 Å². The van der Waals surface area contributed by atoms with Crippen LogP contribution in [0.4, 0.5) is 4.39 Å². The molecule has 0 N–H and O–H groups in total. The van der Waals surface area contributed by atoms with E-state index in [2.05, 4.69) is 9.80 Å². The van der Waals surface area contributed by atoms with Gasteiger partial charge in [0.1, 0.15) is 11.9 Å². The van der Waals surface area contributed by atoms with Crippen LogP contribution in [0, 0.1) is 5.82 Å². The fraction of sp³-hybridized carbons (Fsp3) is 0.588. The third-order valence-corrected chi connectivity index (χ3v) is 4.84. The standard InChI is InChI=1S/C17H23FN2O2/c1-22-17(21)16(14-6-2-3-7-15(14)18)20-11-8-13(12-20)19-9-4-5-10-19/h2-3,6-7,13,16H,4-5,8-12H2,1H3/t13-,16-/m1/s1. The first-order valence-corrected chi connectivity index (χ1v) is 8.01. The van der Waals surface area contributed by atoms with E-state index >= 15 is 0 Å². The van der Waals surface area contributed by atoms with E-state index < -0.39 is 6.04 Å². The van der Waals surface area contributed by atoms with E-state index in [-0.39, 0.29) is 11.8 Å². The Morgan fingerprint density at radius 2 is 2.00 bits per heavy atom. The fourth-order valence-corrected chi connectivity index (χ4v) is 3.69. The van der Waals surface area contributed by atoms with Gasteiger partial charge >= 0.3 is 5.97 Å². The molecule has 0 bridgehead atoms. The van der Waals surface area contributed by atoms with Gasteiger partial charge in [-0.3, -0.25) is 9.80 Å². The molecule has 0 aliphatic carbocycles. The van der Waals surface area contributed by atoms with Gasteiger partial charge in [0.15, 0.2) is 0 Å². The second-order valence-electron chi connectivity index (χ2n) is 6.13. The van der Waals surface area contributed by atoms with E-state index in [1.807, 2.05) is 0 Å². The van der Waals surface area contributed by atoms with Crippen molar-refractivity contribution in [3.05, 3.63) is 35.6 Å². The molecule has 5 heteroatoms. The first kappa shape index (κ1) is 15.4. The Bertz CT molecular complexity index is 531. The number of benzene rings is 1. The maximum atomic E-state index is 14.1. The van der Waals surface area contributed by atoms with Gasteiger partial charge < -0.3 is 4.74 Å². The van der Waals surface area contributed by atoms with Crippen molar-refractivity contribution in [2.24, 2.45) is 0 Å². The highest BCUT2D eigenvalue weighted by Crippen LogP contribution is 2.30. The highest BCUT2D eigenvalue weighted by Gasteiger charge is 2.37. The van der Waals surface area contributed by atoms with Crippen LogP contribution < -0.4 is 0 Å². The number of carbonyl (C=O) groups is 1. The third-order valence-electron chi connectivity index (χ3n) is 4.84. The molecule has 2 heterocycles. The van der Waals surface area contributed by atoms with Crippen LogP contribution in [-0.2, 0) is 9.53 Å². The highest BCUT2D eigenvalue weighted by molar-refractivity contribution is 5.77. The number of nitrogens with zero attached hydrogens (tertiary/aromatic N) is 2. The minimum absolute atomic E-state index is 0.345. The van der Waals surface area contributed by atoms with E-state index in [4.69, 9.17) is 4.74 Å². The maximum Gasteiger partial charge on any atom is 0.327 e. The lowest BCUT2D eigenvalue weighted by atomic mass is 10.1. The summed E-state index contributed by atoms with van der Waals surface area (Å²) in [4.78, 5) is 16.8. The summed E-state index contributed by atoms with van der Waals surface area (Å²) in [7, 11) is 1.37. The Labute approximate surface area is 130 Å². The zero-order valence-electron chi connectivity index (χ0n) is 13.0. The molecule has 1 aromatic carbocycles. The molecule has 22 heavy (non-hydrogen) atoms. The van der Waals surface area contributed by atoms with Crippen molar-refractivity contribution in [1.29, 1.82) is 0 Å². The van der Waals surface area contributed by atoms with Crippen LogP contribution >= 0.6 is 0 Å². The molecule has 2 saturated heterocycles. The van der Waals surface area contributed by atoms with Gasteiger partial charge in [0.05, 0.1) is 7.11 Å². The molecule has 4 nitrogen and oxygen atoms in total. The Balaban J connectivity index is 1.79. The van der Waals surface area contributed by atoms with Crippen molar-refractivity contribution >= 4 is 5.97 Å². The van der Waals surface area contributed by atoms with Crippen molar-refractivity contribution in [3.8, 4) is 0 Å². The van der Waals surface area contributed by atoms with Crippen LogP contribution in [0.3, 0.4) is 0 Å². The van der Waals surface area contributed by atoms with Crippen LogP contribution in [0.1, 0.15) is 30.9 Å². The lowest BCUT2D eigenvalue weighted by Crippen LogP contribution is -2.38. The first-order valence-electron chi connectivity index (χ1n) is 8.01.